The molecule has 1 aromatic carbocycles. The van der Waals surface area contributed by atoms with E-state index in [1.807, 2.05) is 12.1 Å². The van der Waals surface area contributed by atoms with E-state index in [4.69, 9.17) is 0 Å². The molecule has 1 atom stereocenters. The summed E-state index contributed by atoms with van der Waals surface area (Å²) in [5.74, 6) is 0.153. The lowest BCUT2D eigenvalue weighted by Gasteiger charge is -2.21. The Hall–Kier alpha value is -2.58. The van der Waals surface area contributed by atoms with E-state index in [0.29, 0.717) is 11.1 Å². The van der Waals surface area contributed by atoms with Crippen molar-refractivity contribution >= 4 is 28.4 Å². The predicted molar refractivity (Wildman–Crippen MR) is 72.9 cm³/mol. The first-order chi connectivity index (χ1) is 9.72. The van der Waals surface area contributed by atoms with Crippen LogP contribution in [0.25, 0.3) is 10.9 Å². The number of ketones is 2. The van der Waals surface area contributed by atoms with Gasteiger partial charge in [0.25, 0.3) is 0 Å². The molecule has 0 N–H and O–H groups in total. The van der Waals surface area contributed by atoms with E-state index < -0.39 is 11.7 Å². The molecule has 1 aliphatic rings. The molecule has 0 radical (unpaired) electrons. The number of hydrogen-bond donors (Lipinski definition) is 0. The third-order valence-electron chi connectivity index (χ3n) is 3.60. The smallest absolute Gasteiger partial charge is 0.184 e. The molecule has 0 saturated heterocycles. The Kier molecular flexibility index (Phi) is 3.01. The molecular weight excluding hydrogens is 254 g/mol. The van der Waals surface area contributed by atoms with Crippen molar-refractivity contribution in [3.63, 3.8) is 0 Å². The highest BCUT2D eigenvalue weighted by Gasteiger charge is 2.36. The van der Waals surface area contributed by atoms with Crippen molar-refractivity contribution in [2.45, 2.75) is 18.8 Å². The molecule has 2 aromatic rings. The van der Waals surface area contributed by atoms with Gasteiger partial charge in [0.1, 0.15) is 17.6 Å². The maximum absolute atomic E-state index is 12.3. The van der Waals surface area contributed by atoms with Gasteiger partial charge in [-0.3, -0.25) is 14.6 Å². The largest absolute Gasteiger partial charge is 0.298 e. The SMILES string of the molecule is O=C=C1CCC(=O)C(c2cccc3cccnc23)C1=O. The standard InChI is InChI=1S/C16H11NO3/c18-9-11-6-7-13(19)14(16(11)20)12-5-1-3-10-4-2-8-17-15(10)12/h1-5,8,14H,6-7H2. The molecular formula is C16H11NO3. The summed E-state index contributed by atoms with van der Waals surface area (Å²) in [6.07, 6.45) is 2.01. The van der Waals surface area contributed by atoms with Gasteiger partial charge in [-0.15, -0.1) is 0 Å². The molecule has 0 bridgehead atoms. The van der Waals surface area contributed by atoms with E-state index in [1.165, 1.54) is 0 Å². The molecule has 1 unspecified atom stereocenters. The number of rotatable bonds is 1. The van der Waals surface area contributed by atoms with E-state index >= 15 is 0 Å². The minimum absolute atomic E-state index is 0.0718. The van der Waals surface area contributed by atoms with Crippen molar-refractivity contribution in [2.75, 3.05) is 0 Å². The zero-order chi connectivity index (χ0) is 14.1. The number of aromatic nitrogens is 1. The summed E-state index contributed by atoms with van der Waals surface area (Å²) in [5.41, 5.74) is 1.28. The lowest BCUT2D eigenvalue weighted by molar-refractivity contribution is -0.129. The topological polar surface area (TPSA) is 64.1 Å². The van der Waals surface area contributed by atoms with Gasteiger partial charge in [0.15, 0.2) is 5.78 Å². The van der Waals surface area contributed by atoms with E-state index in [1.54, 1.807) is 30.3 Å². The number of carbonyl (C=O) groups excluding carboxylic acids is 3. The van der Waals surface area contributed by atoms with Gasteiger partial charge in [-0.25, -0.2) is 4.79 Å². The molecule has 4 heteroatoms. The number of benzene rings is 1. The average Bonchev–Trinajstić information content (AvgIpc) is 2.48. The molecule has 0 aliphatic heterocycles. The molecule has 1 fully saturated rings. The Labute approximate surface area is 115 Å². The summed E-state index contributed by atoms with van der Waals surface area (Å²) in [7, 11) is 0. The minimum atomic E-state index is -0.918. The number of fused-ring (bicyclic) bond motifs is 1. The number of hydrogen-bond acceptors (Lipinski definition) is 4. The summed E-state index contributed by atoms with van der Waals surface area (Å²) in [6, 6.07) is 9.07. The Balaban J connectivity index is 2.21. The molecule has 4 nitrogen and oxygen atoms in total. The maximum Gasteiger partial charge on any atom is 0.184 e. The summed E-state index contributed by atoms with van der Waals surface area (Å²) in [6.45, 7) is 0. The summed E-state index contributed by atoms with van der Waals surface area (Å²) >= 11 is 0. The van der Waals surface area contributed by atoms with Crippen molar-refractivity contribution in [1.82, 2.24) is 4.98 Å². The highest BCUT2D eigenvalue weighted by Crippen LogP contribution is 2.32. The quantitative estimate of drug-likeness (QED) is 0.449. The first kappa shape index (κ1) is 12.5. The highest BCUT2D eigenvalue weighted by atomic mass is 16.2. The van der Waals surface area contributed by atoms with Gasteiger partial charge >= 0.3 is 0 Å². The molecule has 20 heavy (non-hydrogen) atoms. The van der Waals surface area contributed by atoms with Crippen molar-refractivity contribution in [1.29, 1.82) is 0 Å². The number of nitrogens with zero attached hydrogens (tertiary/aromatic N) is 1. The van der Waals surface area contributed by atoms with Gasteiger partial charge in [-0.2, -0.15) is 0 Å². The number of pyridine rings is 1. The molecule has 98 valence electrons. The van der Waals surface area contributed by atoms with Crippen LogP contribution in [0.5, 0.6) is 0 Å². The second-order valence-electron chi connectivity index (χ2n) is 4.77. The fourth-order valence-corrected chi connectivity index (χ4v) is 2.61. The van der Waals surface area contributed by atoms with Crippen LogP contribution in [-0.2, 0) is 14.4 Å². The zero-order valence-electron chi connectivity index (χ0n) is 10.6. The van der Waals surface area contributed by atoms with E-state index in [-0.39, 0.29) is 24.2 Å². The van der Waals surface area contributed by atoms with Gasteiger partial charge in [0, 0.05) is 18.0 Å². The number of allylic oxidation sites excluding steroid dienone is 1. The van der Waals surface area contributed by atoms with Crippen LogP contribution in [0, 0.1) is 0 Å². The van der Waals surface area contributed by atoms with Crippen LogP contribution in [0.2, 0.25) is 0 Å². The van der Waals surface area contributed by atoms with Crippen molar-refractivity contribution < 1.29 is 14.4 Å². The van der Waals surface area contributed by atoms with Crippen LogP contribution in [0.15, 0.2) is 42.1 Å². The fourth-order valence-electron chi connectivity index (χ4n) is 2.61. The second kappa shape index (κ2) is 4.83. The van der Waals surface area contributed by atoms with Crippen LogP contribution in [0.3, 0.4) is 0 Å². The van der Waals surface area contributed by atoms with Crippen LogP contribution >= 0.6 is 0 Å². The molecule has 1 saturated carbocycles. The zero-order valence-corrected chi connectivity index (χ0v) is 10.6. The third kappa shape index (κ3) is 1.87. The van der Waals surface area contributed by atoms with E-state index in [2.05, 4.69) is 4.98 Å². The van der Waals surface area contributed by atoms with Gasteiger partial charge < -0.3 is 0 Å². The lowest BCUT2D eigenvalue weighted by atomic mass is 9.79. The lowest BCUT2D eigenvalue weighted by Crippen LogP contribution is -2.29. The van der Waals surface area contributed by atoms with E-state index in [0.717, 1.165) is 5.39 Å². The Morgan fingerprint density at radius 1 is 1.10 bits per heavy atom. The fraction of sp³-hybridized carbons (Fsp3) is 0.188. The minimum Gasteiger partial charge on any atom is -0.298 e. The molecule has 1 heterocycles. The van der Waals surface area contributed by atoms with Gasteiger partial charge in [0.2, 0.25) is 0 Å². The monoisotopic (exact) mass is 265 g/mol. The van der Waals surface area contributed by atoms with E-state index in [9.17, 15) is 14.4 Å². The van der Waals surface area contributed by atoms with Crippen LogP contribution in [0.1, 0.15) is 24.3 Å². The summed E-state index contributed by atoms with van der Waals surface area (Å²) in [5, 5.41) is 0.868. The Morgan fingerprint density at radius 3 is 2.70 bits per heavy atom. The Bertz CT molecular complexity index is 767. The van der Waals surface area contributed by atoms with Crippen molar-refractivity contribution in [3.8, 4) is 0 Å². The average molecular weight is 265 g/mol. The highest BCUT2D eigenvalue weighted by molar-refractivity contribution is 6.21. The molecule has 1 aromatic heterocycles. The van der Waals surface area contributed by atoms with Crippen LogP contribution in [-0.4, -0.2) is 22.5 Å². The molecule has 0 spiro atoms. The van der Waals surface area contributed by atoms with Gasteiger partial charge in [0.05, 0.1) is 11.1 Å². The Morgan fingerprint density at radius 2 is 1.90 bits per heavy atom. The number of Topliss-reactive ketones (excluding diaryl/α,β-unsaturated/α-hetero) is 2. The number of para-hydroxylation sites is 1. The van der Waals surface area contributed by atoms with Gasteiger partial charge in [-0.05, 0) is 18.1 Å². The third-order valence-corrected chi connectivity index (χ3v) is 3.60. The maximum atomic E-state index is 12.3. The van der Waals surface area contributed by atoms with Crippen molar-refractivity contribution in [3.05, 3.63) is 47.7 Å². The second-order valence-corrected chi connectivity index (χ2v) is 4.77. The predicted octanol–water partition coefficient (Wildman–Crippen LogP) is 2.01. The summed E-state index contributed by atoms with van der Waals surface area (Å²) in [4.78, 5) is 39.5. The molecule has 3 rings (SSSR count). The molecule has 1 aliphatic carbocycles. The van der Waals surface area contributed by atoms with Gasteiger partial charge in [-0.1, -0.05) is 24.3 Å². The normalized spacial score (nSPS) is 19.2. The summed E-state index contributed by atoms with van der Waals surface area (Å²) < 4.78 is 0. The first-order valence-corrected chi connectivity index (χ1v) is 6.37. The molecule has 0 amide bonds. The van der Waals surface area contributed by atoms with Crippen LogP contribution in [0.4, 0.5) is 0 Å². The first-order valence-electron chi connectivity index (χ1n) is 6.37. The number of carbonyl (C=O) groups is 2. The van der Waals surface area contributed by atoms with Crippen molar-refractivity contribution in [2.24, 2.45) is 0 Å². The van der Waals surface area contributed by atoms with Crippen LogP contribution < -0.4 is 0 Å².